The summed E-state index contributed by atoms with van der Waals surface area (Å²) in [7, 11) is 0. The number of amides is 1. The Balaban J connectivity index is 1.61. The van der Waals surface area contributed by atoms with Gasteiger partial charge in [-0.25, -0.2) is 4.79 Å². The first kappa shape index (κ1) is 14.5. The lowest BCUT2D eigenvalue weighted by molar-refractivity contribution is -0.121. The first-order valence-corrected chi connectivity index (χ1v) is 8.21. The maximum Gasteiger partial charge on any atom is 0.410 e. The van der Waals surface area contributed by atoms with Crippen LogP contribution in [0.1, 0.15) is 24.6 Å². The van der Waals surface area contributed by atoms with Gasteiger partial charge in [0.05, 0.1) is 6.10 Å². The molecule has 6 heteroatoms. The van der Waals surface area contributed by atoms with Gasteiger partial charge in [0, 0.05) is 17.8 Å². The number of thiophene rings is 1. The number of ketones is 1. The summed E-state index contributed by atoms with van der Waals surface area (Å²) in [6.45, 7) is 2.66. The molecule has 5 nitrogen and oxygen atoms in total. The third kappa shape index (κ3) is 2.96. The quantitative estimate of drug-likeness (QED) is 0.856. The molecule has 2 unspecified atom stereocenters. The van der Waals surface area contributed by atoms with Crippen molar-refractivity contribution in [1.29, 1.82) is 0 Å². The van der Waals surface area contributed by atoms with E-state index in [4.69, 9.17) is 9.47 Å². The van der Waals surface area contributed by atoms with Gasteiger partial charge in [0.25, 0.3) is 0 Å². The molecule has 2 saturated heterocycles. The van der Waals surface area contributed by atoms with Crippen molar-refractivity contribution in [3.8, 4) is 0 Å². The minimum Gasteiger partial charge on any atom is -0.446 e. The SMILES string of the molecule is CC[C@@H](Cc1cccs1)OC(=O)N1CCC2OCC(=O)C21. The van der Waals surface area contributed by atoms with Crippen LogP contribution in [0.2, 0.25) is 0 Å². The minimum absolute atomic E-state index is 0.0132. The molecule has 3 heterocycles. The van der Waals surface area contributed by atoms with Gasteiger partial charge in [0.1, 0.15) is 18.8 Å². The van der Waals surface area contributed by atoms with Crippen LogP contribution in [0.3, 0.4) is 0 Å². The van der Waals surface area contributed by atoms with Crippen LogP contribution in [-0.4, -0.2) is 48.2 Å². The fourth-order valence-electron chi connectivity index (χ4n) is 2.93. The highest BCUT2D eigenvalue weighted by atomic mass is 32.1. The highest BCUT2D eigenvalue weighted by molar-refractivity contribution is 7.09. The third-order valence-electron chi connectivity index (χ3n) is 4.08. The first-order chi connectivity index (χ1) is 10.2. The lowest BCUT2D eigenvalue weighted by Gasteiger charge is -2.24. The number of hydrogen-bond acceptors (Lipinski definition) is 5. The fraction of sp³-hybridized carbons (Fsp3) is 0.600. The Labute approximate surface area is 127 Å². The molecule has 1 aromatic rings. The van der Waals surface area contributed by atoms with Gasteiger partial charge >= 0.3 is 6.09 Å². The maximum atomic E-state index is 12.3. The Bertz CT molecular complexity index is 516. The number of Topliss-reactive ketones (excluding diaryl/α,β-unsaturated/α-hetero) is 1. The summed E-state index contributed by atoms with van der Waals surface area (Å²) in [5.41, 5.74) is 0. The number of carbonyl (C=O) groups excluding carboxylic acids is 2. The van der Waals surface area contributed by atoms with Gasteiger partial charge in [-0.05, 0) is 24.3 Å². The summed E-state index contributed by atoms with van der Waals surface area (Å²) in [6.07, 6.45) is 1.54. The van der Waals surface area contributed by atoms with Gasteiger partial charge in [-0.1, -0.05) is 13.0 Å². The normalized spacial score (nSPS) is 26.0. The van der Waals surface area contributed by atoms with E-state index in [2.05, 4.69) is 0 Å². The molecule has 2 aliphatic rings. The van der Waals surface area contributed by atoms with Crippen LogP contribution < -0.4 is 0 Å². The molecule has 0 aliphatic carbocycles. The van der Waals surface area contributed by atoms with E-state index in [0.717, 1.165) is 12.8 Å². The van der Waals surface area contributed by atoms with Crippen LogP contribution in [0.5, 0.6) is 0 Å². The molecular formula is C15H19NO4S. The zero-order valence-corrected chi connectivity index (χ0v) is 12.8. The van der Waals surface area contributed by atoms with Crippen LogP contribution >= 0.6 is 11.3 Å². The van der Waals surface area contributed by atoms with Crippen molar-refractivity contribution in [2.24, 2.45) is 0 Å². The molecule has 0 saturated carbocycles. The predicted molar refractivity (Wildman–Crippen MR) is 78.4 cm³/mol. The van der Waals surface area contributed by atoms with Crippen LogP contribution in [-0.2, 0) is 20.7 Å². The largest absolute Gasteiger partial charge is 0.446 e. The highest BCUT2D eigenvalue weighted by Gasteiger charge is 2.47. The zero-order valence-electron chi connectivity index (χ0n) is 12.0. The van der Waals surface area contributed by atoms with Crippen LogP contribution in [0.15, 0.2) is 17.5 Å². The van der Waals surface area contributed by atoms with Crippen LogP contribution in [0, 0.1) is 0 Å². The second-order valence-corrected chi connectivity index (χ2v) is 6.47. The van der Waals surface area contributed by atoms with Crippen molar-refractivity contribution in [3.63, 3.8) is 0 Å². The topological polar surface area (TPSA) is 55.8 Å². The lowest BCUT2D eigenvalue weighted by Crippen LogP contribution is -2.43. The van der Waals surface area contributed by atoms with Crippen molar-refractivity contribution in [1.82, 2.24) is 4.90 Å². The van der Waals surface area contributed by atoms with E-state index in [1.807, 2.05) is 24.4 Å². The van der Waals surface area contributed by atoms with Crippen LogP contribution in [0.25, 0.3) is 0 Å². The minimum atomic E-state index is -0.434. The Morgan fingerprint density at radius 3 is 3.19 bits per heavy atom. The molecule has 0 bridgehead atoms. The number of carbonyl (C=O) groups is 2. The monoisotopic (exact) mass is 309 g/mol. The maximum absolute atomic E-state index is 12.3. The van der Waals surface area contributed by atoms with E-state index in [1.54, 1.807) is 11.3 Å². The van der Waals surface area contributed by atoms with E-state index in [0.29, 0.717) is 13.0 Å². The number of rotatable bonds is 4. The van der Waals surface area contributed by atoms with Crippen molar-refractivity contribution in [2.45, 2.75) is 44.4 Å². The summed E-state index contributed by atoms with van der Waals surface area (Å²) in [5, 5.41) is 2.02. The van der Waals surface area contributed by atoms with Crippen LogP contribution in [0.4, 0.5) is 4.79 Å². The molecule has 0 radical (unpaired) electrons. The van der Waals surface area contributed by atoms with Crippen molar-refractivity contribution in [3.05, 3.63) is 22.4 Å². The molecule has 3 rings (SSSR count). The molecule has 3 atom stereocenters. The molecular weight excluding hydrogens is 290 g/mol. The molecule has 0 aromatic carbocycles. The second kappa shape index (κ2) is 6.15. The molecule has 2 fully saturated rings. The molecule has 1 amide bonds. The molecule has 0 N–H and O–H groups in total. The second-order valence-electron chi connectivity index (χ2n) is 5.44. The Kier molecular flexibility index (Phi) is 4.26. The van der Waals surface area contributed by atoms with Gasteiger partial charge in [-0.3, -0.25) is 9.69 Å². The number of nitrogens with zero attached hydrogens (tertiary/aromatic N) is 1. The summed E-state index contributed by atoms with van der Waals surface area (Å²) in [4.78, 5) is 26.9. The van der Waals surface area contributed by atoms with Gasteiger partial charge in [0.2, 0.25) is 0 Å². The van der Waals surface area contributed by atoms with E-state index in [9.17, 15) is 9.59 Å². The van der Waals surface area contributed by atoms with E-state index in [-0.39, 0.29) is 30.7 Å². The Morgan fingerprint density at radius 2 is 2.48 bits per heavy atom. The van der Waals surface area contributed by atoms with Crippen molar-refractivity contribution >= 4 is 23.2 Å². The standard InChI is InChI=1S/C15H19NO4S/c1-2-10(8-11-4-3-7-21-11)20-15(18)16-6-5-13-14(16)12(17)9-19-13/h3-4,7,10,13-14H,2,5-6,8-9H2,1H3/t10-,13?,14?/m0/s1. The average Bonchev–Trinajstić information content (AvgIpc) is 3.17. The molecule has 1 aromatic heterocycles. The molecule has 0 spiro atoms. The summed E-state index contributed by atoms with van der Waals surface area (Å²) < 4.78 is 11.0. The Morgan fingerprint density at radius 1 is 1.62 bits per heavy atom. The van der Waals surface area contributed by atoms with Gasteiger partial charge in [0.15, 0.2) is 5.78 Å². The van der Waals surface area contributed by atoms with E-state index >= 15 is 0 Å². The smallest absolute Gasteiger partial charge is 0.410 e. The molecule has 114 valence electrons. The van der Waals surface area contributed by atoms with E-state index in [1.165, 1.54) is 9.78 Å². The molecule has 21 heavy (non-hydrogen) atoms. The lowest BCUT2D eigenvalue weighted by atomic mass is 10.1. The Hall–Kier alpha value is -1.40. The number of fused-ring (bicyclic) bond motifs is 1. The number of hydrogen-bond donors (Lipinski definition) is 0. The predicted octanol–water partition coefficient (Wildman–Crippen LogP) is 2.25. The van der Waals surface area contributed by atoms with Gasteiger partial charge < -0.3 is 9.47 Å². The van der Waals surface area contributed by atoms with Gasteiger partial charge in [-0.2, -0.15) is 0 Å². The first-order valence-electron chi connectivity index (χ1n) is 7.33. The third-order valence-corrected chi connectivity index (χ3v) is 4.98. The zero-order chi connectivity index (χ0) is 14.8. The number of likely N-dealkylation sites (tertiary alicyclic amines) is 1. The number of ether oxygens (including phenoxy) is 2. The summed E-state index contributed by atoms with van der Waals surface area (Å²) in [6, 6.07) is 3.60. The van der Waals surface area contributed by atoms with Crippen molar-refractivity contribution in [2.75, 3.05) is 13.2 Å². The van der Waals surface area contributed by atoms with Gasteiger partial charge in [-0.15, -0.1) is 11.3 Å². The summed E-state index contributed by atoms with van der Waals surface area (Å²) in [5.74, 6) is -0.0132. The highest BCUT2D eigenvalue weighted by Crippen LogP contribution is 2.28. The average molecular weight is 309 g/mol. The molecule has 2 aliphatic heterocycles. The fourth-order valence-corrected chi connectivity index (χ4v) is 3.70. The summed E-state index contributed by atoms with van der Waals surface area (Å²) >= 11 is 1.66. The van der Waals surface area contributed by atoms with E-state index < -0.39 is 6.04 Å². The van der Waals surface area contributed by atoms with Crippen molar-refractivity contribution < 1.29 is 19.1 Å².